The summed E-state index contributed by atoms with van der Waals surface area (Å²) >= 11 is 5.55. The smallest absolute Gasteiger partial charge is 0.316 e. The van der Waals surface area contributed by atoms with E-state index in [0.29, 0.717) is 12.2 Å². The highest BCUT2D eigenvalue weighted by Crippen LogP contribution is 2.42. The molecule has 0 aromatic heterocycles. The fourth-order valence-corrected chi connectivity index (χ4v) is 6.57. The number of carbonyl (C=O) groups excluding carboxylic acids is 1. The van der Waals surface area contributed by atoms with Crippen molar-refractivity contribution in [2.24, 2.45) is 5.41 Å². The molecule has 0 spiro atoms. The van der Waals surface area contributed by atoms with E-state index in [1.54, 1.807) is 7.11 Å². The number of rotatable bonds is 13. The second kappa shape index (κ2) is 13.0. The summed E-state index contributed by atoms with van der Waals surface area (Å²) in [6.07, 6.45) is 2.63. The van der Waals surface area contributed by atoms with Crippen LogP contribution in [0.5, 0.6) is 5.75 Å². The molecule has 0 aliphatic carbocycles. The maximum Gasteiger partial charge on any atom is 0.316 e. The van der Waals surface area contributed by atoms with Crippen molar-refractivity contribution in [1.29, 1.82) is 0 Å². The van der Waals surface area contributed by atoms with Gasteiger partial charge >= 0.3 is 5.97 Å². The number of hydrogen-bond acceptors (Lipinski definition) is 5. The molecule has 0 N–H and O–H groups in total. The Kier molecular flexibility index (Phi) is 12.1. The summed E-state index contributed by atoms with van der Waals surface area (Å²) in [6.45, 7) is 24.7. The van der Waals surface area contributed by atoms with Crippen molar-refractivity contribution in [2.75, 3.05) is 25.2 Å². The van der Waals surface area contributed by atoms with Crippen molar-refractivity contribution in [2.45, 2.75) is 111 Å². The number of methoxy groups -OCH3 is 1. The molecule has 1 atom stereocenters. The lowest BCUT2D eigenvalue weighted by atomic mass is 9.75. The van der Waals surface area contributed by atoms with E-state index < -0.39 is 19.3 Å². The summed E-state index contributed by atoms with van der Waals surface area (Å²) < 4.78 is 18.8. The minimum absolute atomic E-state index is 0.165. The van der Waals surface area contributed by atoms with Crippen LogP contribution in [0, 0.1) is 5.41 Å². The Hall–Kier alpha value is -0.503. The lowest BCUT2D eigenvalue weighted by Gasteiger charge is -2.36. The van der Waals surface area contributed by atoms with E-state index in [0.717, 1.165) is 41.0 Å². The Balaban J connectivity index is 2.83. The molecule has 1 aromatic carbocycles. The van der Waals surface area contributed by atoms with E-state index in [-0.39, 0.29) is 16.4 Å². The number of para-hydroxylation sites is 1. The first-order valence-corrected chi connectivity index (χ1v) is 17.9. The molecule has 0 amide bonds. The lowest BCUT2D eigenvalue weighted by Crippen LogP contribution is -2.41. The van der Waals surface area contributed by atoms with Crippen molar-refractivity contribution in [3.8, 4) is 5.75 Å². The zero-order valence-corrected chi connectivity index (χ0v) is 28.3. The highest BCUT2D eigenvalue weighted by atomic mass is 79.9. The van der Waals surface area contributed by atoms with E-state index in [1.165, 1.54) is 0 Å². The molecule has 0 bridgehead atoms. The highest BCUT2D eigenvalue weighted by Gasteiger charge is 2.41. The van der Waals surface area contributed by atoms with E-state index in [2.05, 4.69) is 63.6 Å². The van der Waals surface area contributed by atoms with Crippen LogP contribution in [-0.4, -0.2) is 45.1 Å². The second-order valence-corrected chi connectivity index (χ2v) is 20.1. The van der Waals surface area contributed by atoms with Gasteiger partial charge in [-0.15, -0.1) is 0 Å². The molecule has 0 saturated heterocycles. The summed E-state index contributed by atoms with van der Waals surface area (Å²) in [4.78, 5) is 13.5. The molecule has 7 heteroatoms. The van der Waals surface area contributed by atoms with Crippen LogP contribution in [0.25, 0.3) is 0 Å². The number of ether oxygens (including phenoxy) is 2. The molecule has 4 nitrogen and oxygen atoms in total. The van der Waals surface area contributed by atoms with E-state index in [1.807, 2.05) is 57.7 Å². The quantitative estimate of drug-likeness (QED) is 0.128. The highest BCUT2D eigenvalue weighted by molar-refractivity contribution is 9.10. The first-order valence-electron chi connectivity index (χ1n) is 13.0. The van der Waals surface area contributed by atoms with Gasteiger partial charge in [0.05, 0.1) is 17.0 Å². The fourth-order valence-electron chi connectivity index (χ4n) is 3.80. The zero-order chi connectivity index (χ0) is 28.0. The molecule has 0 saturated carbocycles. The van der Waals surface area contributed by atoms with Gasteiger partial charge in [0, 0.05) is 17.9 Å². The minimum Gasteiger partial charge on any atom is -0.495 e. The lowest BCUT2D eigenvalue weighted by molar-refractivity contribution is -0.162. The van der Waals surface area contributed by atoms with Crippen LogP contribution in [0.1, 0.15) is 87.1 Å². The zero-order valence-electron chi connectivity index (χ0n) is 24.9. The third-order valence-electron chi connectivity index (χ3n) is 7.13. The van der Waals surface area contributed by atoms with Gasteiger partial charge in [-0.1, -0.05) is 53.2 Å². The normalized spacial score (nSPS) is 14.9. The van der Waals surface area contributed by atoms with Gasteiger partial charge in [-0.3, -0.25) is 4.79 Å². The molecule has 36 heavy (non-hydrogen) atoms. The Bertz CT molecular complexity index is 858. The first kappa shape index (κ1) is 33.5. The fraction of sp³-hybridized carbons (Fsp3) is 0.759. The monoisotopic (exact) mass is 602 g/mol. The molecular weight excluding hydrogens is 552 g/mol. The molecule has 0 heterocycles. The molecule has 1 unspecified atom stereocenters. The van der Waals surface area contributed by atoms with E-state index >= 15 is 0 Å². The third kappa shape index (κ3) is 9.99. The molecule has 0 radical (unpaired) electrons. The summed E-state index contributed by atoms with van der Waals surface area (Å²) in [5, 5.41) is 0.245. The van der Waals surface area contributed by atoms with Crippen molar-refractivity contribution in [3.05, 3.63) is 28.2 Å². The Morgan fingerprint density at radius 2 is 1.61 bits per heavy atom. The van der Waals surface area contributed by atoms with E-state index in [9.17, 15) is 4.79 Å². The second-order valence-electron chi connectivity index (χ2n) is 13.3. The van der Waals surface area contributed by atoms with Crippen LogP contribution in [0.4, 0.5) is 0 Å². The van der Waals surface area contributed by atoms with Gasteiger partial charge in [0.25, 0.3) is 0 Å². The van der Waals surface area contributed by atoms with Gasteiger partial charge < -0.3 is 13.9 Å². The molecule has 0 aliphatic heterocycles. The molecule has 1 rings (SSSR count). The number of carbonyl (C=O) groups is 1. The largest absolute Gasteiger partial charge is 0.495 e. The Morgan fingerprint density at radius 3 is 2.14 bits per heavy atom. The van der Waals surface area contributed by atoms with Gasteiger partial charge in [0.15, 0.2) is 8.32 Å². The van der Waals surface area contributed by atoms with E-state index in [4.69, 9.17) is 13.9 Å². The van der Waals surface area contributed by atoms with Crippen LogP contribution in [-0.2, 0) is 19.4 Å². The molecule has 208 valence electrons. The number of hydrogen-bond donors (Lipinski definition) is 0. The van der Waals surface area contributed by atoms with Gasteiger partial charge in [-0.25, -0.2) is 0 Å². The third-order valence-corrected chi connectivity index (χ3v) is 13.7. The molecule has 0 aliphatic rings. The van der Waals surface area contributed by atoms with Gasteiger partial charge in [-0.05, 0) is 91.8 Å². The molecular formula is C29H51BrO4SSi. The summed E-state index contributed by atoms with van der Waals surface area (Å²) in [5.41, 5.74) is -0.330. The first-order chi connectivity index (χ1) is 16.3. The van der Waals surface area contributed by atoms with Crippen molar-refractivity contribution >= 4 is 42.0 Å². The standard InChI is InChI=1S/C29H51BrO4SSi/c1-26(2,3)34-25(31)29(9,22-15-13-16-23(30)24(22)32-10)18-14-17-28(7,8)21-35-20-19-33-36(11,12)27(4,5)6/h13,15-16H,14,17-21H2,1-12H3. The van der Waals surface area contributed by atoms with Crippen molar-refractivity contribution in [3.63, 3.8) is 0 Å². The average molecular weight is 604 g/mol. The number of benzene rings is 1. The Morgan fingerprint density at radius 1 is 1.00 bits per heavy atom. The minimum atomic E-state index is -1.69. The molecule has 0 fully saturated rings. The number of halogens is 1. The maximum absolute atomic E-state index is 13.5. The molecule has 1 aromatic rings. The van der Waals surface area contributed by atoms with Crippen LogP contribution < -0.4 is 4.74 Å². The predicted octanol–water partition coefficient (Wildman–Crippen LogP) is 9.01. The predicted molar refractivity (Wildman–Crippen MR) is 162 cm³/mol. The van der Waals surface area contributed by atoms with Crippen LogP contribution in [0.3, 0.4) is 0 Å². The van der Waals surface area contributed by atoms with Crippen molar-refractivity contribution < 1.29 is 18.7 Å². The van der Waals surface area contributed by atoms with Gasteiger partial charge in [-0.2, -0.15) is 11.8 Å². The summed E-state index contributed by atoms with van der Waals surface area (Å²) in [5.74, 6) is 2.57. The summed E-state index contributed by atoms with van der Waals surface area (Å²) in [6, 6.07) is 5.88. The van der Waals surface area contributed by atoms with Gasteiger partial charge in [0.2, 0.25) is 0 Å². The number of thioether (sulfide) groups is 1. The van der Waals surface area contributed by atoms with Crippen LogP contribution >= 0.6 is 27.7 Å². The van der Waals surface area contributed by atoms with Gasteiger partial charge in [0.1, 0.15) is 11.4 Å². The number of esters is 1. The Labute approximate surface area is 235 Å². The topological polar surface area (TPSA) is 44.8 Å². The van der Waals surface area contributed by atoms with Crippen molar-refractivity contribution in [1.82, 2.24) is 0 Å². The SMILES string of the molecule is COc1c(Br)cccc1C(C)(CCCC(C)(C)CSCCO[Si](C)(C)C(C)(C)C)C(=O)OC(C)(C)C. The van der Waals surface area contributed by atoms with Crippen LogP contribution in [0.2, 0.25) is 18.1 Å². The summed E-state index contributed by atoms with van der Waals surface area (Å²) in [7, 11) is -0.0387. The maximum atomic E-state index is 13.5. The average Bonchev–Trinajstić information content (AvgIpc) is 2.70. The van der Waals surface area contributed by atoms with Crippen LogP contribution in [0.15, 0.2) is 22.7 Å².